The van der Waals surface area contributed by atoms with E-state index in [1.54, 1.807) is 0 Å². The molecule has 0 aromatic heterocycles. The summed E-state index contributed by atoms with van der Waals surface area (Å²) in [5, 5.41) is 12.2. The molecule has 0 spiro atoms. The number of anilines is 1. The fraction of sp³-hybridized carbons (Fsp3) is 0.571. The van der Waals surface area contributed by atoms with Crippen LogP contribution in [0.1, 0.15) is 38.2 Å². The van der Waals surface area contributed by atoms with Crippen molar-refractivity contribution in [3.05, 3.63) is 28.2 Å². The molecule has 0 bridgehead atoms. The number of rotatable bonds is 8. The van der Waals surface area contributed by atoms with Crippen molar-refractivity contribution in [2.45, 2.75) is 39.0 Å². The minimum absolute atomic E-state index is 0.320. The van der Waals surface area contributed by atoms with E-state index >= 15 is 0 Å². The molecule has 2 nitrogen and oxygen atoms in total. The maximum absolute atomic E-state index is 8.68. The third-order valence-corrected chi connectivity index (χ3v) is 3.34. The van der Waals surface area contributed by atoms with Crippen molar-refractivity contribution in [3.63, 3.8) is 0 Å². The van der Waals surface area contributed by atoms with Gasteiger partial charge in [-0.25, -0.2) is 0 Å². The number of aryl methyl sites for hydroxylation is 1. The predicted octanol–water partition coefficient (Wildman–Crippen LogP) is 3.98. The first kappa shape index (κ1) is 14.5. The number of unbranched alkanes of at least 4 members (excludes halogenated alkanes) is 3. The summed E-state index contributed by atoms with van der Waals surface area (Å²) in [6.45, 7) is 3.51. The second-order valence-electron chi connectivity index (χ2n) is 4.22. The average Bonchev–Trinajstić information content (AvgIpc) is 2.35. The third-order valence-electron chi connectivity index (χ3n) is 2.85. The van der Waals surface area contributed by atoms with Crippen LogP contribution in [0, 0.1) is 0 Å². The Morgan fingerprint density at radius 1 is 1.18 bits per heavy atom. The van der Waals surface area contributed by atoms with E-state index < -0.39 is 0 Å². The summed E-state index contributed by atoms with van der Waals surface area (Å²) in [4.78, 5) is 0. The van der Waals surface area contributed by atoms with Crippen molar-refractivity contribution < 1.29 is 5.11 Å². The fourth-order valence-electron chi connectivity index (χ4n) is 1.84. The minimum atomic E-state index is 0.320. The standard InChI is InChI=1S/C14H22BrNO/c1-2-12-11-13(15)7-8-14(12)16-9-5-3-4-6-10-17/h7-8,11,16-17H,2-6,9-10H2,1H3. The van der Waals surface area contributed by atoms with Crippen LogP contribution in [0.5, 0.6) is 0 Å². The zero-order valence-electron chi connectivity index (χ0n) is 10.5. The number of benzene rings is 1. The Labute approximate surface area is 113 Å². The van der Waals surface area contributed by atoms with Crippen LogP contribution in [0.4, 0.5) is 5.69 Å². The van der Waals surface area contributed by atoms with Gasteiger partial charge in [-0.1, -0.05) is 35.7 Å². The molecule has 0 radical (unpaired) electrons. The molecular formula is C14H22BrNO. The number of hydrogen-bond donors (Lipinski definition) is 2. The highest BCUT2D eigenvalue weighted by molar-refractivity contribution is 9.10. The lowest BCUT2D eigenvalue weighted by atomic mass is 10.1. The Morgan fingerprint density at radius 2 is 1.94 bits per heavy atom. The summed E-state index contributed by atoms with van der Waals surface area (Å²) in [5.41, 5.74) is 2.60. The SMILES string of the molecule is CCc1cc(Br)ccc1NCCCCCCO. The number of nitrogens with one attached hydrogen (secondary N) is 1. The first-order chi connectivity index (χ1) is 8.27. The van der Waals surface area contributed by atoms with Crippen LogP contribution in [0.2, 0.25) is 0 Å². The van der Waals surface area contributed by atoms with Gasteiger partial charge in [0.1, 0.15) is 0 Å². The molecule has 0 amide bonds. The van der Waals surface area contributed by atoms with E-state index in [4.69, 9.17) is 5.11 Å². The zero-order valence-corrected chi connectivity index (χ0v) is 12.1. The van der Waals surface area contributed by atoms with Gasteiger partial charge in [-0.3, -0.25) is 0 Å². The van der Waals surface area contributed by atoms with Crippen LogP contribution in [0.25, 0.3) is 0 Å². The van der Waals surface area contributed by atoms with Gasteiger partial charge in [-0.2, -0.15) is 0 Å². The Morgan fingerprint density at radius 3 is 2.65 bits per heavy atom. The van der Waals surface area contributed by atoms with Gasteiger partial charge in [0.2, 0.25) is 0 Å². The van der Waals surface area contributed by atoms with E-state index in [-0.39, 0.29) is 0 Å². The fourth-order valence-corrected chi connectivity index (χ4v) is 2.25. The van der Waals surface area contributed by atoms with Gasteiger partial charge in [-0.15, -0.1) is 0 Å². The number of hydrogen-bond acceptors (Lipinski definition) is 2. The van der Waals surface area contributed by atoms with E-state index in [2.05, 4.69) is 46.4 Å². The summed E-state index contributed by atoms with van der Waals surface area (Å²) in [7, 11) is 0. The number of halogens is 1. The predicted molar refractivity (Wildman–Crippen MR) is 77.6 cm³/mol. The molecule has 3 heteroatoms. The summed E-state index contributed by atoms with van der Waals surface area (Å²) in [6.07, 6.45) is 5.45. The maximum Gasteiger partial charge on any atom is 0.0431 e. The molecule has 0 saturated carbocycles. The van der Waals surface area contributed by atoms with Gasteiger partial charge in [0.05, 0.1) is 0 Å². The Kier molecular flexibility index (Phi) is 7.29. The quantitative estimate of drug-likeness (QED) is 0.712. The molecule has 0 fully saturated rings. The molecule has 0 aliphatic heterocycles. The molecule has 0 aliphatic rings. The Balaban J connectivity index is 2.31. The lowest BCUT2D eigenvalue weighted by Gasteiger charge is -2.11. The second kappa shape index (κ2) is 8.54. The largest absolute Gasteiger partial charge is 0.396 e. The van der Waals surface area contributed by atoms with Crippen LogP contribution in [-0.2, 0) is 6.42 Å². The molecule has 96 valence electrons. The van der Waals surface area contributed by atoms with Crippen LogP contribution in [0.3, 0.4) is 0 Å². The van der Waals surface area contributed by atoms with E-state index in [0.29, 0.717) is 6.61 Å². The van der Waals surface area contributed by atoms with Crippen LogP contribution in [-0.4, -0.2) is 18.3 Å². The molecule has 0 aliphatic carbocycles. The highest BCUT2D eigenvalue weighted by Crippen LogP contribution is 2.21. The minimum Gasteiger partial charge on any atom is -0.396 e. The first-order valence-corrected chi connectivity index (χ1v) is 7.20. The zero-order chi connectivity index (χ0) is 12.5. The monoisotopic (exact) mass is 299 g/mol. The van der Waals surface area contributed by atoms with Crippen molar-refractivity contribution in [2.75, 3.05) is 18.5 Å². The highest BCUT2D eigenvalue weighted by Gasteiger charge is 2.00. The van der Waals surface area contributed by atoms with Gasteiger partial charge < -0.3 is 10.4 Å². The Bertz CT molecular complexity index is 328. The van der Waals surface area contributed by atoms with Crippen molar-refractivity contribution in [1.82, 2.24) is 0 Å². The molecule has 0 atom stereocenters. The van der Waals surface area contributed by atoms with E-state index in [0.717, 1.165) is 30.3 Å². The van der Waals surface area contributed by atoms with E-state index in [1.807, 2.05) is 0 Å². The summed E-state index contributed by atoms with van der Waals surface area (Å²) in [5.74, 6) is 0. The molecule has 17 heavy (non-hydrogen) atoms. The highest BCUT2D eigenvalue weighted by atomic mass is 79.9. The maximum atomic E-state index is 8.68. The molecular weight excluding hydrogens is 278 g/mol. The number of aliphatic hydroxyl groups excluding tert-OH is 1. The van der Waals surface area contributed by atoms with E-state index in [9.17, 15) is 0 Å². The topological polar surface area (TPSA) is 32.3 Å². The first-order valence-electron chi connectivity index (χ1n) is 6.41. The lowest BCUT2D eigenvalue weighted by molar-refractivity contribution is 0.283. The molecule has 0 unspecified atom stereocenters. The molecule has 2 N–H and O–H groups in total. The van der Waals surface area contributed by atoms with Crippen molar-refractivity contribution >= 4 is 21.6 Å². The smallest absolute Gasteiger partial charge is 0.0431 e. The average molecular weight is 300 g/mol. The molecule has 0 heterocycles. The van der Waals surface area contributed by atoms with E-state index in [1.165, 1.54) is 24.1 Å². The molecule has 0 saturated heterocycles. The number of aliphatic hydroxyl groups is 1. The summed E-state index contributed by atoms with van der Waals surface area (Å²) in [6, 6.07) is 6.39. The lowest BCUT2D eigenvalue weighted by Crippen LogP contribution is -2.04. The molecule has 1 rings (SSSR count). The van der Waals surface area contributed by atoms with Gasteiger partial charge in [-0.05, 0) is 43.0 Å². The van der Waals surface area contributed by atoms with Crippen LogP contribution in [0.15, 0.2) is 22.7 Å². The van der Waals surface area contributed by atoms with Crippen LogP contribution >= 0.6 is 15.9 Å². The van der Waals surface area contributed by atoms with Crippen molar-refractivity contribution in [2.24, 2.45) is 0 Å². The summed E-state index contributed by atoms with van der Waals surface area (Å²) >= 11 is 3.50. The van der Waals surface area contributed by atoms with Crippen LogP contribution < -0.4 is 5.32 Å². The van der Waals surface area contributed by atoms with Gasteiger partial charge in [0.15, 0.2) is 0 Å². The van der Waals surface area contributed by atoms with Gasteiger partial charge in [0.25, 0.3) is 0 Å². The molecule has 1 aromatic rings. The molecule has 1 aromatic carbocycles. The Hall–Kier alpha value is -0.540. The van der Waals surface area contributed by atoms with Gasteiger partial charge in [0, 0.05) is 23.3 Å². The second-order valence-corrected chi connectivity index (χ2v) is 5.14. The van der Waals surface area contributed by atoms with Crippen molar-refractivity contribution in [3.8, 4) is 0 Å². The third kappa shape index (κ3) is 5.55. The summed E-state index contributed by atoms with van der Waals surface area (Å²) < 4.78 is 1.14. The van der Waals surface area contributed by atoms with Gasteiger partial charge >= 0.3 is 0 Å². The van der Waals surface area contributed by atoms with Crippen molar-refractivity contribution in [1.29, 1.82) is 0 Å². The normalized spacial score (nSPS) is 10.5.